The summed E-state index contributed by atoms with van der Waals surface area (Å²) < 4.78 is 0. The Hall–Kier alpha value is -0.340. The molecular formula is C10H21NO. The molecule has 0 aromatic carbocycles. The Morgan fingerprint density at radius 1 is 1.42 bits per heavy atom. The molecule has 0 saturated heterocycles. The summed E-state index contributed by atoms with van der Waals surface area (Å²) in [7, 11) is 0. The quantitative estimate of drug-likeness (QED) is 0.430. The van der Waals surface area contributed by atoms with Gasteiger partial charge in [-0.25, -0.2) is 0 Å². The molecule has 0 aromatic rings. The van der Waals surface area contributed by atoms with E-state index < -0.39 is 0 Å². The highest BCUT2D eigenvalue weighted by atomic mass is 16.3. The van der Waals surface area contributed by atoms with Crippen LogP contribution in [0.15, 0.2) is 12.7 Å². The SMILES string of the molecule is C=CCCCNCCCC(C)O. The molecule has 0 spiro atoms. The summed E-state index contributed by atoms with van der Waals surface area (Å²) >= 11 is 0. The van der Waals surface area contributed by atoms with Crippen molar-refractivity contribution < 1.29 is 5.11 Å². The number of hydrogen-bond acceptors (Lipinski definition) is 2. The normalized spacial score (nSPS) is 12.8. The highest BCUT2D eigenvalue weighted by Gasteiger charge is 1.93. The number of aliphatic hydroxyl groups is 1. The molecule has 1 unspecified atom stereocenters. The molecule has 0 aliphatic carbocycles. The van der Waals surface area contributed by atoms with E-state index >= 15 is 0 Å². The molecule has 0 amide bonds. The molecule has 1 atom stereocenters. The lowest BCUT2D eigenvalue weighted by Gasteiger charge is -2.04. The van der Waals surface area contributed by atoms with Crippen LogP contribution in [0.3, 0.4) is 0 Å². The molecule has 2 N–H and O–H groups in total. The van der Waals surface area contributed by atoms with Crippen molar-refractivity contribution in [3.05, 3.63) is 12.7 Å². The third kappa shape index (κ3) is 9.66. The monoisotopic (exact) mass is 171 g/mol. The van der Waals surface area contributed by atoms with Crippen molar-refractivity contribution in [1.29, 1.82) is 0 Å². The summed E-state index contributed by atoms with van der Waals surface area (Å²) in [5, 5.41) is 12.3. The Labute approximate surface area is 75.7 Å². The van der Waals surface area contributed by atoms with Gasteiger partial charge in [-0.15, -0.1) is 6.58 Å². The number of allylic oxidation sites excluding steroid dienone is 1. The van der Waals surface area contributed by atoms with Gasteiger partial charge in [0.1, 0.15) is 0 Å². The molecule has 72 valence electrons. The second kappa shape index (κ2) is 8.75. The highest BCUT2D eigenvalue weighted by Crippen LogP contribution is 1.93. The van der Waals surface area contributed by atoms with Crippen molar-refractivity contribution in [3.8, 4) is 0 Å². The molecule has 0 aliphatic heterocycles. The van der Waals surface area contributed by atoms with E-state index in [9.17, 15) is 0 Å². The van der Waals surface area contributed by atoms with Gasteiger partial charge >= 0.3 is 0 Å². The lowest BCUT2D eigenvalue weighted by molar-refractivity contribution is 0.181. The minimum Gasteiger partial charge on any atom is -0.393 e. The van der Waals surface area contributed by atoms with Gasteiger partial charge in [0.05, 0.1) is 6.10 Å². The zero-order valence-corrected chi connectivity index (χ0v) is 8.05. The second-order valence-corrected chi connectivity index (χ2v) is 3.17. The van der Waals surface area contributed by atoms with Crippen molar-refractivity contribution in [3.63, 3.8) is 0 Å². The van der Waals surface area contributed by atoms with Crippen molar-refractivity contribution in [2.75, 3.05) is 13.1 Å². The smallest absolute Gasteiger partial charge is 0.0512 e. The van der Waals surface area contributed by atoms with Gasteiger partial charge in [-0.1, -0.05) is 6.08 Å². The predicted molar refractivity (Wildman–Crippen MR) is 53.2 cm³/mol. The van der Waals surface area contributed by atoms with Crippen LogP contribution in [0, 0.1) is 0 Å². The molecule has 2 heteroatoms. The van der Waals surface area contributed by atoms with Crippen molar-refractivity contribution in [2.24, 2.45) is 0 Å². The summed E-state index contributed by atoms with van der Waals surface area (Å²) in [5.41, 5.74) is 0. The van der Waals surface area contributed by atoms with E-state index in [-0.39, 0.29) is 6.10 Å². The molecule has 0 bridgehead atoms. The van der Waals surface area contributed by atoms with E-state index in [4.69, 9.17) is 5.11 Å². The van der Waals surface area contributed by atoms with Gasteiger partial charge in [0, 0.05) is 0 Å². The van der Waals surface area contributed by atoms with E-state index in [1.54, 1.807) is 0 Å². The predicted octanol–water partition coefficient (Wildman–Crippen LogP) is 1.70. The van der Waals surface area contributed by atoms with Crippen LogP contribution in [0.1, 0.15) is 32.6 Å². The molecule has 0 saturated carbocycles. The van der Waals surface area contributed by atoms with E-state index in [1.165, 1.54) is 0 Å². The summed E-state index contributed by atoms with van der Waals surface area (Å²) in [4.78, 5) is 0. The van der Waals surface area contributed by atoms with E-state index in [0.29, 0.717) is 0 Å². The molecule has 0 aliphatic rings. The van der Waals surface area contributed by atoms with Crippen molar-refractivity contribution in [1.82, 2.24) is 5.32 Å². The van der Waals surface area contributed by atoms with E-state index in [1.807, 2.05) is 13.0 Å². The van der Waals surface area contributed by atoms with Gasteiger partial charge in [-0.05, 0) is 45.7 Å². The first-order valence-corrected chi connectivity index (χ1v) is 4.77. The van der Waals surface area contributed by atoms with E-state index in [0.717, 1.165) is 38.8 Å². The maximum atomic E-state index is 8.95. The molecule has 0 rings (SSSR count). The van der Waals surface area contributed by atoms with Gasteiger partial charge in [0.15, 0.2) is 0 Å². The first-order chi connectivity index (χ1) is 5.77. The number of nitrogens with one attached hydrogen (secondary N) is 1. The standard InChI is InChI=1S/C10H21NO/c1-3-4-5-8-11-9-6-7-10(2)12/h3,10-12H,1,4-9H2,2H3. The van der Waals surface area contributed by atoms with Crippen LogP contribution in [0.4, 0.5) is 0 Å². The molecule has 0 aromatic heterocycles. The zero-order chi connectivity index (χ0) is 9.23. The maximum absolute atomic E-state index is 8.95. The van der Waals surface area contributed by atoms with Crippen LogP contribution in [-0.2, 0) is 0 Å². The topological polar surface area (TPSA) is 32.3 Å². The first kappa shape index (κ1) is 11.7. The van der Waals surface area contributed by atoms with E-state index in [2.05, 4.69) is 11.9 Å². The fourth-order valence-electron chi connectivity index (χ4n) is 1.02. The Bertz CT molecular complexity index is 102. The minimum atomic E-state index is -0.153. The molecular weight excluding hydrogens is 150 g/mol. The Morgan fingerprint density at radius 2 is 2.08 bits per heavy atom. The molecule has 2 nitrogen and oxygen atoms in total. The Kier molecular flexibility index (Phi) is 8.51. The fourth-order valence-corrected chi connectivity index (χ4v) is 1.02. The fraction of sp³-hybridized carbons (Fsp3) is 0.800. The third-order valence-electron chi connectivity index (χ3n) is 1.74. The van der Waals surface area contributed by atoms with Gasteiger partial charge < -0.3 is 10.4 Å². The average molecular weight is 171 g/mol. The maximum Gasteiger partial charge on any atom is 0.0512 e. The average Bonchev–Trinajstić information content (AvgIpc) is 2.02. The number of unbranched alkanes of at least 4 members (excludes halogenated alkanes) is 1. The Balaban J connectivity index is 2.86. The summed E-state index contributed by atoms with van der Waals surface area (Å²) in [6, 6.07) is 0. The third-order valence-corrected chi connectivity index (χ3v) is 1.74. The van der Waals surface area contributed by atoms with Gasteiger partial charge in [-0.3, -0.25) is 0 Å². The first-order valence-electron chi connectivity index (χ1n) is 4.77. The van der Waals surface area contributed by atoms with Gasteiger partial charge in [0.25, 0.3) is 0 Å². The van der Waals surface area contributed by atoms with Crippen LogP contribution in [0.25, 0.3) is 0 Å². The number of hydrogen-bond donors (Lipinski definition) is 2. The molecule has 12 heavy (non-hydrogen) atoms. The van der Waals surface area contributed by atoms with Crippen LogP contribution in [-0.4, -0.2) is 24.3 Å². The lowest BCUT2D eigenvalue weighted by atomic mass is 10.2. The summed E-state index contributed by atoms with van der Waals surface area (Å²) in [5.74, 6) is 0. The summed E-state index contributed by atoms with van der Waals surface area (Å²) in [6.07, 6.45) is 6.00. The minimum absolute atomic E-state index is 0.153. The number of aliphatic hydroxyl groups excluding tert-OH is 1. The number of rotatable bonds is 8. The van der Waals surface area contributed by atoms with Crippen molar-refractivity contribution in [2.45, 2.75) is 38.7 Å². The molecule has 0 radical (unpaired) electrons. The van der Waals surface area contributed by atoms with Crippen molar-refractivity contribution >= 4 is 0 Å². The highest BCUT2D eigenvalue weighted by molar-refractivity contribution is 4.66. The van der Waals surface area contributed by atoms with Crippen LogP contribution in [0.5, 0.6) is 0 Å². The molecule has 0 heterocycles. The largest absolute Gasteiger partial charge is 0.393 e. The Morgan fingerprint density at radius 3 is 2.67 bits per heavy atom. The van der Waals surface area contributed by atoms with Gasteiger partial charge in [-0.2, -0.15) is 0 Å². The van der Waals surface area contributed by atoms with Crippen LogP contribution < -0.4 is 5.32 Å². The van der Waals surface area contributed by atoms with Crippen LogP contribution >= 0.6 is 0 Å². The van der Waals surface area contributed by atoms with Crippen LogP contribution in [0.2, 0.25) is 0 Å². The molecule has 0 fully saturated rings. The zero-order valence-electron chi connectivity index (χ0n) is 8.05. The van der Waals surface area contributed by atoms with Gasteiger partial charge in [0.2, 0.25) is 0 Å². The lowest BCUT2D eigenvalue weighted by Crippen LogP contribution is -2.17. The second-order valence-electron chi connectivity index (χ2n) is 3.17. The summed E-state index contributed by atoms with van der Waals surface area (Å²) in [6.45, 7) is 7.57.